The maximum absolute atomic E-state index is 6.01. The molecule has 1 rings (SSSR count). The first-order valence-electron chi connectivity index (χ1n) is 7.42. The van der Waals surface area contributed by atoms with Crippen LogP contribution in [0.15, 0.2) is 0 Å². The normalized spacial score (nSPS) is 23.7. The molecule has 0 aromatic carbocycles. The van der Waals surface area contributed by atoms with Gasteiger partial charge >= 0.3 is 0 Å². The first kappa shape index (κ1) is 17.8. The molecule has 114 valence electrons. The fraction of sp³-hybridized carbons (Fsp3) is 1.00. The summed E-state index contributed by atoms with van der Waals surface area (Å²) in [5.74, 6) is 0. The summed E-state index contributed by atoms with van der Waals surface area (Å²) < 4.78 is 23.2. The van der Waals surface area contributed by atoms with Crippen LogP contribution < -0.4 is 0 Å². The maximum atomic E-state index is 6.01. The Balaban J connectivity index is 2.07. The summed E-state index contributed by atoms with van der Waals surface area (Å²) in [4.78, 5) is 0. The standard InChI is InChI=1S/C11H30O4Si4/c1-18(2)15-17-19(3,14-16)9-5-7-12-10-11-6-4-8-13-11/h11,18H,4-10,17H2,1-3,16H3. The maximum Gasteiger partial charge on any atom is 0.186 e. The van der Waals surface area contributed by atoms with Crippen LogP contribution in [-0.4, -0.2) is 62.6 Å². The van der Waals surface area contributed by atoms with E-state index in [1.807, 2.05) is 0 Å². The van der Waals surface area contributed by atoms with E-state index in [2.05, 4.69) is 19.6 Å². The predicted octanol–water partition coefficient (Wildman–Crippen LogP) is 0.0249. The van der Waals surface area contributed by atoms with Crippen molar-refractivity contribution in [1.82, 2.24) is 0 Å². The highest BCUT2D eigenvalue weighted by Crippen LogP contribution is 2.14. The minimum absolute atomic E-state index is 0.350. The van der Waals surface area contributed by atoms with Crippen LogP contribution in [0.4, 0.5) is 0 Å². The molecule has 2 unspecified atom stereocenters. The van der Waals surface area contributed by atoms with Crippen LogP contribution in [0, 0.1) is 0 Å². The molecule has 0 bridgehead atoms. The zero-order chi connectivity index (χ0) is 14.1. The topological polar surface area (TPSA) is 36.9 Å². The number of hydrogen-bond acceptors (Lipinski definition) is 4. The molecule has 2 atom stereocenters. The third-order valence-electron chi connectivity index (χ3n) is 3.54. The second kappa shape index (κ2) is 9.61. The molecule has 0 radical (unpaired) electrons. The summed E-state index contributed by atoms with van der Waals surface area (Å²) in [7, 11) is -1.91. The predicted molar refractivity (Wildman–Crippen MR) is 90.4 cm³/mol. The highest BCUT2D eigenvalue weighted by molar-refractivity contribution is 7.20. The molecule has 1 heterocycles. The average Bonchev–Trinajstić information content (AvgIpc) is 2.89. The van der Waals surface area contributed by atoms with Gasteiger partial charge in [-0.15, -0.1) is 0 Å². The molecule has 0 amide bonds. The van der Waals surface area contributed by atoms with Crippen molar-refractivity contribution < 1.29 is 17.7 Å². The van der Waals surface area contributed by atoms with E-state index in [-0.39, 0.29) is 0 Å². The Bertz CT molecular complexity index is 239. The van der Waals surface area contributed by atoms with Crippen molar-refractivity contribution in [3.05, 3.63) is 0 Å². The Labute approximate surface area is 125 Å². The van der Waals surface area contributed by atoms with E-state index in [0.717, 1.165) is 43.1 Å². The van der Waals surface area contributed by atoms with Crippen molar-refractivity contribution in [1.29, 1.82) is 0 Å². The lowest BCUT2D eigenvalue weighted by Gasteiger charge is -2.26. The molecular weight excluding hydrogens is 308 g/mol. The van der Waals surface area contributed by atoms with E-state index >= 15 is 0 Å². The van der Waals surface area contributed by atoms with Gasteiger partial charge in [0.1, 0.15) is 10.5 Å². The number of rotatable bonds is 10. The summed E-state index contributed by atoms with van der Waals surface area (Å²) >= 11 is 0. The molecule has 0 N–H and O–H groups in total. The largest absolute Gasteiger partial charge is 0.464 e. The van der Waals surface area contributed by atoms with E-state index in [1.165, 1.54) is 12.5 Å². The molecule has 8 heteroatoms. The summed E-state index contributed by atoms with van der Waals surface area (Å²) in [6.07, 6.45) is 3.82. The van der Waals surface area contributed by atoms with Crippen molar-refractivity contribution in [3.63, 3.8) is 0 Å². The molecule has 0 aromatic heterocycles. The minimum Gasteiger partial charge on any atom is -0.464 e. The first-order valence-corrected chi connectivity index (χ1v) is 16.5. The van der Waals surface area contributed by atoms with Crippen LogP contribution in [0.3, 0.4) is 0 Å². The highest BCUT2D eigenvalue weighted by Gasteiger charge is 2.28. The third kappa shape index (κ3) is 7.90. The molecule has 1 aliphatic rings. The van der Waals surface area contributed by atoms with Crippen LogP contribution in [0.5, 0.6) is 0 Å². The smallest absolute Gasteiger partial charge is 0.186 e. The zero-order valence-corrected chi connectivity index (χ0v) is 18.5. The van der Waals surface area contributed by atoms with Gasteiger partial charge in [0.25, 0.3) is 0 Å². The molecule has 19 heavy (non-hydrogen) atoms. The fourth-order valence-electron chi connectivity index (χ4n) is 2.11. The van der Waals surface area contributed by atoms with Gasteiger partial charge in [0, 0.05) is 13.2 Å². The highest BCUT2D eigenvalue weighted by atomic mass is 29.2. The molecule has 1 fully saturated rings. The Morgan fingerprint density at radius 3 is 2.84 bits per heavy atom. The van der Waals surface area contributed by atoms with E-state index in [1.54, 1.807) is 0 Å². The SMILES string of the molecule is C[SiH](C)O[SiH2][Si](C)(CCCOCC1CCCO1)O[SiH3]. The van der Waals surface area contributed by atoms with E-state index in [0.29, 0.717) is 6.10 Å². The van der Waals surface area contributed by atoms with E-state index in [9.17, 15) is 0 Å². The molecule has 4 nitrogen and oxygen atoms in total. The van der Waals surface area contributed by atoms with E-state index in [4.69, 9.17) is 17.7 Å². The van der Waals surface area contributed by atoms with Gasteiger partial charge in [0.05, 0.1) is 12.7 Å². The molecular formula is C11H30O4Si4. The van der Waals surface area contributed by atoms with Crippen LogP contribution in [0.1, 0.15) is 19.3 Å². The van der Waals surface area contributed by atoms with Crippen LogP contribution in [-0.2, 0) is 17.7 Å². The van der Waals surface area contributed by atoms with Crippen LogP contribution in [0.2, 0.25) is 25.7 Å². The monoisotopic (exact) mass is 338 g/mol. The molecule has 0 spiro atoms. The lowest BCUT2D eigenvalue weighted by atomic mass is 10.2. The molecule has 0 aromatic rings. The van der Waals surface area contributed by atoms with Gasteiger partial charge in [-0.25, -0.2) is 0 Å². The second-order valence-electron chi connectivity index (χ2n) is 5.83. The first-order chi connectivity index (χ1) is 9.06. The van der Waals surface area contributed by atoms with Gasteiger partial charge in [0.2, 0.25) is 0 Å². The number of hydrogen-bond donors (Lipinski definition) is 0. The minimum atomic E-state index is -1.47. The Kier molecular flexibility index (Phi) is 8.98. The summed E-state index contributed by atoms with van der Waals surface area (Å²) in [5.41, 5.74) is 0. The zero-order valence-electron chi connectivity index (χ0n) is 12.9. The molecule has 0 aliphatic carbocycles. The van der Waals surface area contributed by atoms with Gasteiger partial charge in [-0.2, -0.15) is 0 Å². The summed E-state index contributed by atoms with van der Waals surface area (Å²) in [5, 5.41) is 0. The van der Waals surface area contributed by atoms with Crippen LogP contribution in [0.25, 0.3) is 0 Å². The van der Waals surface area contributed by atoms with Crippen molar-refractivity contribution in [2.75, 3.05) is 19.8 Å². The third-order valence-corrected chi connectivity index (χ3v) is 19.8. The molecule has 0 saturated carbocycles. The lowest BCUT2D eigenvalue weighted by Crippen LogP contribution is -2.44. The van der Waals surface area contributed by atoms with Gasteiger partial charge in [-0.05, 0) is 44.9 Å². The van der Waals surface area contributed by atoms with Gasteiger partial charge in [-0.1, -0.05) is 0 Å². The van der Waals surface area contributed by atoms with Crippen molar-refractivity contribution >= 4 is 36.6 Å². The molecule has 1 saturated heterocycles. The Morgan fingerprint density at radius 1 is 1.47 bits per heavy atom. The van der Waals surface area contributed by atoms with Crippen molar-refractivity contribution in [2.45, 2.75) is 51.1 Å². The number of ether oxygens (including phenoxy) is 2. The van der Waals surface area contributed by atoms with Gasteiger partial charge < -0.3 is 17.7 Å². The van der Waals surface area contributed by atoms with E-state index < -0.39 is 26.2 Å². The van der Waals surface area contributed by atoms with Crippen LogP contribution >= 0.6 is 0 Å². The van der Waals surface area contributed by atoms with Gasteiger partial charge in [0.15, 0.2) is 26.2 Å². The average molecular weight is 339 g/mol. The second-order valence-corrected chi connectivity index (χ2v) is 19.9. The lowest BCUT2D eigenvalue weighted by molar-refractivity contribution is 0.0174. The van der Waals surface area contributed by atoms with Crippen molar-refractivity contribution in [2.24, 2.45) is 0 Å². The molecule has 1 aliphatic heterocycles. The quantitative estimate of drug-likeness (QED) is 0.416. The summed E-state index contributed by atoms with van der Waals surface area (Å²) in [6, 6.07) is 1.20. The Morgan fingerprint density at radius 2 is 2.26 bits per heavy atom. The summed E-state index contributed by atoms with van der Waals surface area (Å²) in [6.45, 7) is 9.38. The Hall–Kier alpha value is 0.708. The van der Waals surface area contributed by atoms with Crippen molar-refractivity contribution in [3.8, 4) is 0 Å². The fourth-order valence-corrected chi connectivity index (χ4v) is 15.6. The van der Waals surface area contributed by atoms with Gasteiger partial charge in [-0.3, -0.25) is 0 Å².